The fraction of sp³-hybridized carbons (Fsp3) is 0.148. The van der Waals surface area contributed by atoms with Crippen molar-refractivity contribution in [3.8, 4) is 16.9 Å². The standard InChI is InChI=1S/C27H26BrN5O2/c1-2-16-32(27(35)29-22-13-9-12-21(28)17-22)19-26(34)30-25-18-24(20-10-5-3-6-11-20)31-33(25)23-14-7-4-8-15-23/h3-15,17-18H,2,16,19H2,1H3,(H,29,35)(H,30,34). The number of anilines is 2. The van der Waals surface area contributed by atoms with Gasteiger partial charge in [-0.3, -0.25) is 4.79 Å². The van der Waals surface area contributed by atoms with Gasteiger partial charge in [-0.05, 0) is 36.8 Å². The second kappa shape index (κ2) is 11.5. The maximum absolute atomic E-state index is 13.1. The molecule has 178 valence electrons. The maximum Gasteiger partial charge on any atom is 0.322 e. The van der Waals surface area contributed by atoms with E-state index in [-0.39, 0.29) is 18.5 Å². The smallest absolute Gasteiger partial charge is 0.315 e. The summed E-state index contributed by atoms with van der Waals surface area (Å²) in [5.74, 6) is 0.225. The summed E-state index contributed by atoms with van der Waals surface area (Å²) >= 11 is 3.40. The first kappa shape index (κ1) is 24.2. The van der Waals surface area contributed by atoms with Crippen LogP contribution in [-0.4, -0.2) is 39.7 Å². The van der Waals surface area contributed by atoms with Gasteiger partial charge >= 0.3 is 6.03 Å². The molecule has 0 radical (unpaired) electrons. The maximum atomic E-state index is 13.1. The van der Waals surface area contributed by atoms with E-state index >= 15 is 0 Å². The van der Waals surface area contributed by atoms with Crippen LogP contribution in [0.15, 0.2) is 95.5 Å². The molecule has 4 aromatic rings. The third-order valence-electron chi connectivity index (χ3n) is 5.24. The summed E-state index contributed by atoms with van der Waals surface area (Å²) in [6.07, 6.45) is 0.722. The van der Waals surface area contributed by atoms with Crippen molar-refractivity contribution in [1.82, 2.24) is 14.7 Å². The summed E-state index contributed by atoms with van der Waals surface area (Å²) < 4.78 is 2.56. The highest BCUT2D eigenvalue weighted by atomic mass is 79.9. The molecular weight excluding hydrogens is 506 g/mol. The Bertz CT molecular complexity index is 1290. The number of urea groups is 1. The normalized spacial score (nSPS) is 10.6. The molecule has 2 N–H and O–H groups in total. The number of aromatic nitrogens is 2. The lowest BCUT2D eigenvalue weighted by Crippen LogP contribution is -2.41. The Balaban J connectivity index is 1.53. The number of amides is 3. The van der Waals surface area contributed by atoms with Crippen molar-refractivity contribution in [3.05, 3.63) is 95.5 Å². The Morgan fingerprint density at radius 2 is 1.63 bits per heavy atom. The lowest BCUT2D eigenvalue weighted by Gasteiger charge is -2.22. The van der Waals surface area contributed by atoms with Crippen LogP contribution in [0, 0.1) is 0 Å². The van der Waals surface area contributed by atoms with E-state index in [1.165, 1.54) is 4.90 Å². The summed E-state index contributed by atoms with van der Waals surface area (Å²) in [5.41, 5.74) is 3.16. The van der Waals surface area contributed by atoms with Crippen molar-refractivity contribution in [2.45, 2.75) is 13.3 Å². The van der Waals surface area contributed by atoms with Crippen LogP contribution in [0.25, 0.3) is 16.9 Å². The molecule has 0 unspecified atom stereocenters. The highest BCUT2D eigenvalue weighted by molar-refractivity contribution is 9.10. The average molecular weight is 532 g/mol. The minimum absolute atomic E-state index is 0.0890. The number of rotatable bonds is 8. The van der Waals surface area contributed by atoms with Crippen molar-refractivity contribution in [1.29, 1.82) is 0 Å². The average Bonchev–Trinajstić information content (AvgIpc) is 3.28. The van der Waals surface area contributed by atoms with Crippen LogP contribution in [0.3, 0.4) is 0 Å². The second-order valence-electron chi connectivity index (χ2n) is 7.94. The predicted molar refractivity (Wildman–Crippen MR) is 143 cm³/mol. The Kier molecular flexibility index (Phi) is 7.95. The molecule has 0 saturated carbocycles. The van der Waals surface area contributed by atoms with Crippen LogP contribution in [-0.2, 0) is 4.79 Å². The number of para-hydroxylation sites is 1. The SMILES string of the molecule is CCCN(CC(=O)Nc1cc(-c2ccccc2)nn1-c1ccccc1)C(=O)Nc1cccc(Br)c1. The lowest BCUT2D eigenvalue weighted by atomic mass is 10.1. The molecule has 0 aliphatic carbocycles. The molecule has 1 aromatic heterocycles. The third-order valence-corrected chi connectivity index (χ3v) is 5.73. The second-order valence-corrected chi connectivity index (χ2v) is 8.85. The van der Waals surface area contributed by atoms with Crippen molar-refractivity contribution >= 4 is 39.4 Å². The van der Waals surface area contributed by atoms with Gasteiger partial charge in [0, 0.05) is 28.3 Å². The summed E-state index contributed by atoms with van der Waals surface area (Å²) in [5, 5.41) is 10.5. The van der Waals surface area contributed by atoms with Crippen LogP contribution < -0.4 is 10.6 Å². The van der Waals surface area contributed by atoms with Gasteiger partial charge in [-0.2, -0.15) is 5.10 Å². The highest BCUT2D eigenvalue weighted by Crippen LogP contribution is 2.25. The van der Waals surface area contributed by atoms with Crippen molar-refractivity contribution < 1.29 is 9.59 Å². The Morgan fingerprint density at radius 1 is 0.914 bits per heavy atom. The zero-order chi connectivity index (χ0) is 24.6. The minimum Gasteiger partial charge on any atom is -0.315 e. The molecule has 0 bridgehead atoms. The third kappa shape index (κ3) is 6.36. The number of carbonyl (C=O) groups is 2. The van der Waals surface area contributed by atoms with Gasteiger partial charge in [-0.15, -0.1) is 0 Å². The van der Waals surface area contributed by atoms with Gasteiger partial charge in [0.15, 0.2) is 0 Å². The molecule has 1 heterocycles. The fourth-order valence-corrected chi connectivity index (χ4v) is 4.03. The van der Waals surface area contributed by atoms with Crippen LogP contribution >= 0.6 is 15.9 Å². The van der Waals surface area contributed by atoms with E-state index in [1.54, 1.807) is 10.7 Å². The first-order valence-corrected chi connectivity index (χ1v) is 12.1. The molecular formula is C27H26BrN5O2. The molecule has 0 spiro atoms. The first-order chi connectivity index (χ1) is 17.0. The van der Waals surface area contributed by atoms with Crippen LogP contribution in [0.4, 0.5) is 16.3 Å². The fourth-order valence-electron chi connectivity index (χ4n) is 3.63. The number of hydrogen-bond acceptors (Lipinski definition) is 3. The van der Waals surface area contributed by atoms with Crippen LogP contribution in [0.1, 0.15) is 13.3 Å². The number of nitrogens with zero attached hydrogens (tertiary/aromatic N) is 3. The van der Waals surface area contributed by atoms with E-state index < -0.39 is 0 Å². The summed E-state index contributed by atoms with van der Waals surface area (Å²) in [6, 6.07) is 28.2. The van der Waals surface area contributed by atoms with Gasteiger partial charge in [0.25, 0.3) is 0 Å². The number of halogens is 1. The van der Waals surface area contributed by atoms with Crippen molar-refractivity contribution in [3.63, 3.8) is 0 Å². The molecule has 3 amide bonds. The predicted octanol–water partition coefficient (Wildman–Crippen LogP) is 6.18. The van der Waals surface area contributed by atoms with Crippen LogP contribution in [0.2, 0.25) is 0 Å². The molecule has 8 heteroatoms. The number of nitrogens with one attached hydrogen (secondary N) is 2. The van der Waals surface area contributed by atoms with E-state index in [0.29, 0.717) is 18.1 Å². The lowest BCUT2D eigenvalue weighted by molar-refractivity contribution is -0.116. The van der Waals surface area contributed by atoms with Gasteiger partial charge in [-0.1, -0.05) is 77.5 Å². The van der Waals surface area contributed by atoms with Crippen molar-refractivity contribution in [2.75, 3.05) is 23.7 Å². The van der Waals surface area contributed by atoms with E-state index in [0.717, 1.165) is 27.8 Å². The van der Waals surface area contributed by atoms with E-state index in [2.05, 4.69) is 26.6 Å². The molecule has 0 aliphatic rings. The first-order valence-electron chi connectivity index (χ1n) is 11.4. The minimum atomic E-state index is -0.332. The summed E-state index contributed by atoms with van der Waals surface area (Å²) in [4.78, 5) is 27.4. The van der Waals surface area contributed by atoms with Gasteiger partial charge < -0.3 is 15.5 Å². The molecule has 7 nitrogen and oxygen atoms in total. The summed E-state index contributed by atoms with van der Waals surface area (Å²) in [7, 11) is 0. The molecule has 3 aromatic carbocycles. The molecule has 4 rings (SSSR count). The Labute approximate surface area is 212 Å². The molecule has 0 fully saturated rings. The van der Waals surface area contributed by atoms with E-state index in [1.807, 2.05) is 91.9 Å². The van der Waals surface area contributed by atoms with E-state index in [4.69, 9.17) is 5.10 Å². The number of benzene rings is 3. The van der Waals surface area contributed by atoms with Gasteiger partial charge in [-0.25, -0.2) is 9.48 Å². The Hall–Kier alpha value is -3.91. The van der Waals surface area contributed by atoms with Crippen LogP contribution in [0.5, 0.6) is 0 Å². The molecule has 0 saturated heterocycles. The van der Waals surface area contributed by atoms with Gasteiger partial charge in [0.2, 0.25) is 5.91 Å². The Morgan fingerprint density at radius 3 is 2.31 bits per heavy atom. The van der Waals surface area contributed by atoms with Gasteiger partial charge in [0.05, 0.1) is 11.4 Å². The number of hydrogen-bond donors (Lipinski definition) is 2. The summed E-state index contributed by atoms with van der Waals surface area (Å²) in [6.45, 7) is 2.32. The van der Waals surface area contributed by atoms with Crippen molar-refractivity contribution in [2.24, 2.45) is 0 Å². The monoisotopic (exact) mass is 531 g/mol. The van der Waals surface area contributed by atoms with E-state index in [9.17, 15) is 9.59 Å². The number of carbonyl (C=O) groups excluding carboxylic acids is 2. The topological polar surface area (TPSA) is 79.3 Å². The molecule has 35 heavy (non-hydrogen) atoms. The zero-order valence-corrected chi connectivity index (χ0v) is 20.9. The molecule has 0 aliphatic heterocycles. The highest BCUT2D eigenvalue weighted by Gasteiger charge is 2.19. The quantitative estimate of drug-likeness (QED) is 0.284. The molecule has 0 atom stereocenters. The largest absolute Gasteiger partial charge is 0.322 e. The van der Waals surface area contributed by atoms with Gasteiger partial charge in [0.1, 0.15) is 12.4 Å². The zero-order valence-electron chi connectivity index (χ0n) is 19.3.